The number of aromatic nitrogens is 4. The molecular formula is C17H22N6O2S. The van der Waals surface area contributed by atoms with Crippen LogP contribution >= 0.6 is 11.8 Å². The zero-order valence-electron chi connectivity index (χ0n) is 14.8. The molecular weight excluding hydrogens is 352 g/mol. The van der Waals surface area contributed by atoms with Gasteiger partial charge in [-0.3, -0.25) is 15.1 Å². The number of imide groups is 1. The fourth-order valence-electron chi connectivity index (χ4n) is 2.39. The van der Waals surface area contributed by atoms with E-state index in [2.05, 4.69) is 32.7 Å². The molecule has 8 nitrogen and oxygen atoms in total. The Morgan fingerprint density at radius 3 is 2.69 bits per heavy atom. The lowest BCUT2D eigenvalue weighted by Crippen LogP contribution is -2.43. The van der Waals surface area contributed by atoms with Crippen LogP contribution in [0.25, 0.3) is 11.4 Å². The summed E-state index contributed by atoms with van der Waals surface area (Å²) in [6, 6.07) is 3.53. The Bertz CT molecular complexity index is 775. The first-order chi connectivity index (χ1) is 12.6. The third kappa shape index (κ3) is 4.60. The number of hydrogen-bond acceptors (Lipinski definition) is 6. The molecule has 0 aromatic carbocycles. The van der Waals surface area contributed by atoms with Gasteiger partial charge in [0.05, 0.1) is 5.25 Å². The molecule has 26 heavy (non-hydrogen) atoms. The lowest BCUT2D eigenvalue weighted by atomic mass is 10.2. The van der Waals surface area contributed by atoms with Crippen molar-refractivity contribution in [2.45, 2.75) is 56.1 Å². The molecule has 2 N–H and O–H groups in total. The normalized spacial score (nSPS) is 14.7. The molecule has 0 aliphatic heterocycles. The van der Waals surface area contributed by atoms with Crippen LogP contribution in [0.3, 0.4) is 0 Å². The summed E-state index contributed by atoms with van der Waals surface area (Å²) in [4.78, 5) is 28.0. The Labute approximate surface area is 156 Å². The number of thioether (sulfide) groups is 1. The largest absolute Gasteiger partial charge is 0.335 e. The third-order valence-corrected chi connectivity index (χ3v) is 4.98. The van der Waals surface area contributed by atoms with E-state index in [1.54, 1.807) is 19.3 Å². The van der Waals surface area contributed by atoms with Gasteiger partial charge >= 0.3 is 6.03 Å². The van der Waals surface area contributed by atoms with E-state index in [9.17, 15) is 9.59 Å². The summed E-state index contributed by atoms with van der Waals surface area (Å²) < 4.78 is 1.99. The van der Waals surface area contributed by atoms with E-state index in [0.29, 0.717) is 5.16 Å². The van der Waals surface area contributed by atoms with E-state index in [4.69, 9.17) is 0 Å². The molecule has 3 amide bonds. The molecule has 1 fully saturated rings. The van der Waals surface area contributed by atoms with Crippen LogP contribution in [0.4, 0.5) is 4.79 Å². The zero-order chi connectivity index (χ0) is 18.5. The third-order valence-electron chi connectivity index (χ3n) is 3.90. The molecule has 0 spiro atoms. The smallest absolute Gasteiger partial charge is 0.321 e. The Morgan fingerprint density at radius 1 is 1.31 bits per heavy atom. The number of rotatable bonds is 7. The van der Waals surface area contributed by atoms with Gasteiger partial charge in [0, 0.05) is 30.5 Å². The summed E-state index contributed by atoms with van der Waals surface area (Å²) in [7, 11) is 0. The van der Waals surface area contributed by atoms with Crippen LogP contribution in [-0.2, 0) is 11.3 Å². The van der Waals surface area contributed by atoms with Gasteiger partial charge in [0.1, 0.15) is 0 Å². The van der Waals surface area contributed by atoms with Gasteiger partial charge in [-0.2, -0.15) is 0 Å². The van der Waals surface area contributed by atoms with Crippen molar-refractivity contribution < 1.29 is 9.59 Å². The number of nitrogens with one attached hydrogen (secondary N) is 2. The second-order valence-corrected chi connectivity index (χ2v) is 7.50. The Balaban J connectivity index is 1.69. The molecule has 9 heteroatoms. The fraction of sp³-hybridized carbons (Fsp3) is 0.471. The Hall–Kier alpha value is -2.42. The van der Waals surface area contributed by atoms with E-state index in [1.807, 2.05) is 16.7 Å². The highest BCUT2D eigenvalue weighted by Gasteiger charge is 2.26. The molecule has 2 heterocycles. The van der Waals surface area contributed by atoms with Gasteiger partial charge in [0.2, 0.25) is 5.91 Å². The number of urea groups is 1. The predicted octanol–water partition coefficient (Wildman–Crippen LogP) is 2.22. The molecule has 2 aromatic heterocycles. The maximum absolute atomic E-state index is 12.2. The first kappa shape index (κ1) is 18.4. The highest BCUT2D eigenvalue weighted by molar-refractivity contribution is 8.00. The van der Waals surface area contributed by atoms with Gasteiger partial charge in [0.15, 0.2) is 11.0 Å². The minimum atomic E-state index is -0.468. The van der Waals surface area contributed by atoms with Crippen LogP contribution in [0.2, 0.25) is 0 Å². The summed E-state index contributed by atoms with van der Waals surface area (Å²) in [5, 5.41) is 13.8. The second kappa shape index (κ2) is 8.31. The average molecular weight is 374 g/mol. The zero-order valence-corrected chi connectivity index (χ0v) is 15.6. The molecule has 1 saturated carbocycles. The van der Waals surface area contributed by atoms with Crippen molar-refractivity contribution in [2.75, 3.05) is 0 Å². The number of pyridine rings is 1. The number of nitrogens with zero attached hydrogens (tertiary/aromatic N) is 4. The molecule has 1 aliphatic rings. The number of carbonyl (C=O) groups is 2. The SMILES string of the molecule is CCCn1c(S[C@@H](C)C(=O)NC(=O)NC2CC2)nnc1-c1ccncc1. The van der Waals surface area contributed by atoms with E-state index in [1.165, 1.54) is 11.8 Å². The van der Waals surface area contributed by atoms with Crippen molar-refractivity contribution in [1.29, 1.82) is 0 Å². The molecule has 0 saturated heterocycles. The number of hydrogen-bond donors (Lipinski definition) is 2. The van der Waals surface area contributed by atoms with Crippen molar-refractivity contribution in [3.63, 3.8) is 0 Å². The fourth-order valence-corrected chi connectivity index (χ4v) is 3.27. The first-order valence-corrected chi connectivity index (χ1v) is 9.58. The summed E-state index contributed by atoms with van der Waals surface area (Å²) in [5.41, 5.74) is 0.925. The highest BCUT2D eigenvalue weighted by Crippen LogP contribution is 2.27. The summed E-state index contributed by atoms with van der Waals surface area (Å²) in [6.07, 6.45) is 6.28. The molecule has 1 atom stereocenters. The minimum Gasteiger partial charge on any atom is -0.335 e. The molecule has 3 rings (SSSR count). The van der Waals surface area contributed by atoms with Crippen molar-refractivity contribution in [3.8, 4) is 11.4 Å². The van der Waals surface area contributed by atoms with E-state index in [-0.39, 0.29) is 11.9 Å². The van der Waals surface area contributed by atoms with Crippen LogP contribution in [0, 0.1) is 0 Å². The molecule has 0 bridgehead atoms. The maximum Gasteiger partial charge on any atom is 0.321 e. The summed E-state index contributed by atoms with van der Waals surface area (Å²) in [6.45, 7) is 4.56. The highest BCUT2D eigenvalue weighted by atomic mass is 32.2. The van der Waals surface area contributed by atoms with E-state index in [0.717, 1.165) is 37.2 Å². The molecule has 1 aliphatic carbocycles. The van der Waals surface area contributed by atoms with Crippen molar-refractivity contribution in [3.05, 3.63) is 24.5 Å². The van der Waals surface area contributed by atoms with E-state index >= 15 is 0 Å². The Morgan fingerprint density at radius 2 is 2.04 bits per heavy atom. The van der Waals surface area contributed by atoms with Gasteiger partial charge in [0.25, 0.3) is 0 Å². The summed E-state index contributed by atoms with van der Waals surface area (Å²) in [5.74, 6) is 0.403. The lowest BCUT2D eigenvalue weighted by Gasteiger charge is -2.13. The molecule has 0 radical (unpaired) electrons. The van der Waals surface area contributed by atoms with Crippen LogP contribution in [-0.4, -0.2) is 43.0 Å². The standard InChI is InChI=1S/C17H22N6O2S/c1-3-10-23-14(12-6-8-18-9-7-12)21-22-17(23)26-11(2)15(24)20-16(25)19-13-4-5-13/h6-9,11,13H,3-5,10H2,1-2H3,(H2,19,20,24,25)/t11-/m0/s1. The quantitative estimate of drug-likeness (QED) is 0.721. The van der Waals surface area contributed by atoms with Crippen LogP contribution in [0.15, 0.2) is 29.7 Å². The van der Waals surface area contributed by atoms with Gasteiger partial charge < -0.3 is 9.88 Å². The van der Waals surface area contributed by atoms with Crippen LogP contribution < -0.4 is 10.6 Å². The average Bonchev–Trinajstić information content (AvgIpc) is 3.36. The molecule has 2 aromatic rings. The Kier molecular flexibility index (Phi) is 5.87. The molecule has 138 valence electrons. The van der Waals surface area contributed by atoms with Crippen LogP contribution in [0.1, 0.15) is 33.1 Å². The van der Waals surface area contributed by atoms with Gasteiger partial charge in [-0.1, -0.05) is 18.7 Å². The van der Waals surface area contributed by atoms with Gasteiger partial charge in [-0.15, -0.1) is 10.2 Å². The van der Waals surface area contributed by atoms with Gasteiger partial charge in [-0.25, -0.2) is 4.79 Å². The van der Waals surface area contributed by atoms with E-state index < -0.39 is 11.3 Å². The topological polar surface area (TPSA) is 102 Å². The van der Waals surface area contributed by atoms with Crippen LogP contribution in [0.5, 0.6) is 0 Å². The van der Waals surface area contributed by atoms with Gasteiger partial charge in [-0.05, 0) is 38.3 Å². The minimum absolute atomic E-state index is 0.210. The first-order valence-electron chi connectivity index (χ1n) is 8.70. The summed E-state index contributed by atoms with van der Waals surface area (Å²) >= 11 is 1.29. The lowest BCUT2D eigenvalue weighted by molar-refractivity contribution is -0.119. The van der Waals surface area contributed by atoms with Crippen molar-refractivity contribution in [2.24, 2.45) is 0 Å². The van der Waals surface area contributed by atoms with Crippen molar-refractivity contribution in [1.82, 2.24) is 30.4 Å². The number of amides is 3. The maximum atomic E-state index is 12.2. The second-order valence-electron chi connectivity index (χ2n) is 6.19. The number of carbonyl (C=O) groups excluding carboxylic acids is 2. The molecule has 0 unspecified atom stereocenters. The predicted molar refractivity (Wildman–Crippen MR) is 98.6 cm³/mol. The van der Waals surface area contributed by atoms with Crippen molar-refractivity contribution >= 4 is 23.7 Å². The monoisotopic (exact) mass is 374 g/mol.